The first-order valence-electron chi connectivity index (χ1n) is 5.55. The van der Waals surface area contributed by atoms with E-state index in [2.05, 4.69) is 10.3 Å². The Hall–Kier alpha value is -1.43. The van der Waals surface area contributed by atoms with Crippen LogP contribution in [-0.2, 0) is 0 Å². The summed E-state index contributed by atoms with van der Waals surface area (Å²) in [5, 5.41) is 6.62. The minimum absolute atomic E-state index is 0.208. The van der Waals surface area contributed by atoms with E-state index in [0.717, 1.165) is 15.6 Å². The van der Waals surface area contributed by atoms with Crippen LogP contribution >= 0.6 is 34.3 Å². The second kappa shape index (κ2) is 4.92. The van der Waals surface area contributed by atoms with Gasteiger partial charge in [0.15, 0.2) is 5.13 Å². The minimum atomic E-state index is -0.208. The smallest absolute Gasteiger partial charge is 0.269 e. The Morgan fingerprint density at radius 1 is 1.42 bits per heavy atom. The van der Waals surface area contributed by atoms with Gasteiger partial charge in [0.05, 0.1) is 5.02 Å². The SMILES string of the molecule is Cc1cccc2sc(C(=O)Nc3nccs3)c(Cl)c12. The molecule has 3 rings (SSSR count). The van der Waals surface area contributed by atoms with E-state index in [-0.39, 0.29) is 5.91 Å². The number of halogens is 1. The summed E-state index contributed by atoms with van der Waals surface area (Å²) in [7, 11) is 0. The highest BCUT2D eigenvalue weighted by Crippen LogP contribution is 2.37. The number of fused-ring (bicyclic) bond motifs is 1. The quantitative estimate of drug-likeness (QED) is 0.753. The third-order valence-electron chi connectivity index (χ3n) is 2.72. The van der Waals surface area contributed by atoms with Gasteiger partial charge in [-0.3, -0.25) is 10.1 Å². The van der Waals surface area contributed by atoms with Crippen LogP contribution in [0.25, 0.3) is 10.1 Å². The van der Waals surface area contributed by atoms with Gasteiger partial charge in [-0.05, 0) is 18.6 Å². The van der Waals surface area contributed by atoms with Gasteiger partial charge in [-0.1, -0.05) is 23.7 Å². The predicted molar refractivity (Wildman–Crippen MR) is 81.6 cm³/mol. The van der Waals surface area contributed by atoms with Crippen LogP contribution in [-0.4, -0.2) is 10.9 Å². The molecule has 0 saturated heterocycles. The van der Waals surface area contributed by atoms with Crippen LogP contribution in [0.2, 0.25) is 5.02 Å². The number of carbonyl (C=O) groups is 1. The molecule has 1 aromatic carbocycles. The lowest BCUT2D eigenvalue weighted by Crippen LogP contribution is -2.10. The van der Waals surface area contributed by atoms with Gasteiger partial charge in [0, 0.05) is 21.7 Å². The van der Waals surface area contributed by atoms with Gasteiger partial charge in [-0.25, -0.2) is 4.98 Å². The zero-order valence-electron chi connectivity index (χ0n) is 9.94. The number of carbonyl (C=O) groups excluding carboxylic acids is 1. The average Bonchev–Trinajstić information content (AvgIpc) is 2.98. The summed E-state index contributed by atoms with van der Waals surface area (Å²) in [6, 6.07) is 5.93. The van der Waals surface area contributed by atoms with Gasteiger partial charge in [0.2, 0.25) is 0 Å². The Morgan fingerprint density at radius 2 is 2.26 bits per heavy atom. The molecular weight excluding hydrogens is 300 g/mol. The molecule has 1 amide bonds. The Morgan fingerprint density at radius 3 is 2.95 bits per heavy atom. The zero-order chi connectivity index (χ0) is 13.4. The first-order valence-corrected chi connectivity index (χ1v) is 7.62. The molecular formula is C13H9ClN2OS2. The first-order chi connectivity index (χ1) is 9.16. The van der Waals surface area contributed by atoms with Crippen LogP contribution in [0.4, 0.5) is 5.13 Å². The summed E-state index contributed by atoms with van der Waals surface area (Å²) in [6.07, 6.45) is 1.65. The van der Waals surface area contributed by atoms with Crippen molar-refractivity contribution in [1.82, 2.24) is 4.98 Å². The minimum Gasteiger partial charge on any atom is -0.297 e. The van der Waals surface area contributed by atoms with Crippen LogP contribution in [0.3, 0.4) is 0 Å². The van der Waals surface area contributed by atoms with Gasteiger partial charge in [-0.2, -0.15) is 0 Å². The molecule has 2 heterocycles. The van der Waals surface area contributed by atoms with Gasteiger partial charge in [-0.15, -0.1) is 22.7 Å². The van der Waals surface area contributed by atoms with Gasteiger partial charge in [0.25, 0.3) is 5.91 Å². The predicted octanol–water partition coefficient (Wildman–Crippen LogP) is 4.57. The lowest BCUT2D eigenvalue weighted by atomic mass is 10.1. The maximum absolute atomic E-state index is 12.2. The van der Waals surface area contributed by atoms with E-state index < -0.39 is 0 Å². The molecule has 0 aliphatic rings. The van der Waals surface area contributed by atoms with Crippen molar-refractivity contribution < 1.29 is 4.79 Å². The number of aromatic nitrogens is 1. The number of aryl methyl sites for hydroxylation is 1. The first kappa shape index (κ1) is 12.6. The van der Waals surface area contributed by atoms with E-state index in [4.69, 9.17) is 11.6 Å². The van der Waals surface area contributed by atoms with Crippen molar-refractivity contribution in [2.24, 2.45) is 0 Å². The molecule has 0 aliphatic carbocycles. The van der Waals surface area contributed by atoms with Gasteiger partial charge < -0.3 is 0 Å². The highest BCUT2D eigenvalue weighted by atomic mass is 35.5. The van der Waals surface area contributed by atoms with E-state index in [0.29, 0.717) is 15.0 Å². The van der Waals surface area contributed by atoms with Crippen molar-refractivity contribution in [3.63, 3.8) is 0 Å². The summed E-state index contributed by atoms with van der Waals surface area (Å²) >= 11 is 9.11. The van der Waals surface area contributed by atoms with Crippen LogP contribution in [0.1, 0.15) is 15.2 Å². The monoisotopic (exact) mass is 308 g/mol. The molecule has 0 bridgehead atoms. The summed E-state index contributed by atoms with van der Waals surface area (Å²) in [5.74, 6) is -0.208. The molecule has 3 nitrogen and oxygen atoms in total. The number of thiophene rings is 1. The number of nitrogens with zero attached hydrogens (tertiary/aromatic N) is 1. The summed E-state index contributed by atoms with van der Waals surface area (Å²) in [5.41, 5.74) is 1.08. The van der Waals surface area contributed by atoms with Crippen LogP contribution in [0.5, 0.6) is 0 Å². The van der Waals surface area contributed by atoms with Crippen molar-refractivity contribution in [2.75, 3.05) is 5.32 Å². The molecule has 1 N–H and O–H groups in total. The third kappa shape index (κ3) is 2.25. The Kier molecular flexibility index (Phi) is 3.26. The molecule has 0 radical (unpaired) electrons. The second-order valence-corrected chi connectivity index (χ2v) is 6.31. The normalized spacial score (nSPS) is 10.8. The van der Waals surface area contributed by atoms with Gasteiger partial charge >= 0.3 is 0 Å². The molecule has 0 atom stereocenters. The number of anilines is 1. The van der Waals surface area contributed by atoms with Crippen molar-refractivity contribution in [1.29, 1.82) is 0 Å². The summed E-state index contributed by atoms with van der Waals surface area (Å²) in [4.78, 5) is 16.8. The molecule has 0 unspecified atom stereocenters. The molecule has 3 aromatic rings. The molecule has 19 heavy (non-hydrogen) atoms. The standard InChI is InChI=1S/C13H9ClN2OS2/c1-7-3-2-4-8-9(7)10(14)11(19-8)12(17)16-13-15-5-6-18-13/h2-6H,1H3,(H,15,16,17). The average molecular weight is 309 g/mol. The lowest BCUT2D eigenvalue weighted by Gasteiger charge is -1.99. The van der Waals surface area contributed by atoms with Crippen molar-refractivity contribution in [3.8, 4) is 0 Å². The van der Waals surface area contributed by atoms with Crippen molar-refractivity contribution in [2.45, 2.75) is 6.92 Å². The number of benzene rings is 1. The van der Waals surface area contributed by atoms with Crippen LogP contribution in [0.15, 0.2) is 29.8 Å². The van der Waals surface area contributed by atoms with Crippen LogP contribution < -0.4 is 5.32 Å². The maximum atomic E-state index is 12.2. The molecule has 96 valence electrons. The molecule has 2 aromatic heterocycles. The zero-order valence-corrected chi connectivity index (χ0v) is 12.3. The van der Waals surface area contributed by atoms with E-state index >= 15 is 0 Å². The number of rotatable bonds is 2. The highest BCUT2D eigenvalue weighted by molar-refractivity contribution is 7.22. The second-order valence-electron chi connectivity index (χ2n) is 3.98. The van der Waals surface area contributed by atoms with Crippen molar-refractivity contribution in [3.05, 3.63) is 45.2 Å². The highest BCUT2D eigenvalue weighted by Gasteiger charge is 2.18. The Balaban J connectivity index is 2.03. The summed E-state index contributed by atoms with van der Waals surface area (Å²) in [6.45, 7) is 1.99. The largest absolute Gasteiger partial charge is 0.297 e. The van der Waals surface area contributed by atoms with E-state index in [1.54, 1.807) is 6.20 Å². The Labute approximate surface area is 122 Å². The van der Waals surface area contributed by atoms with Crippen LogP contribution in [0, 0.1) is 6.92 Å². The van der Waals surface area contributed by atoms with E-state index in [9.17, 15) is 4.79 Å². The molecule has 0 fully saturated rings. The van der Waals surface area contributed by atoms with E-state index in [1.165, 1.54) is 22.7 Å². The fourth-order valence-electron chi connectivity index (χ4n) is 1.86. The molecule has 0 aliphatic heterocycles. The maximum Gasteiger partial charge on any atom is 0.269 e. The number of nitrogens with one attached hydrogen (secondary N) is 1. The number of hydrogen-bond acceptors (Lipinski definition) is 4. The van der Waals surface area contributed by atoms with Crippen molar-refractivity contribution >= 4 is 55.4 Å². The lowest BCUT2D eigenvalue weighted by molar-refractivity contribution is 0.103. The molecule has 0 saturated carbocycles. The van der Waals surface area contributed by atoms with E-state index in [1.807, 2.05) is 30.5 Å². The number of hydrogen-bond donors (Lipinski definition) is 1. The third-order valence-corrected chi connectivity index (χ3v) is 5.06. The summed E-state index contributed by atoms with van der Waals surface area (Å²) < 4.78 is 1.02. The number of amides is 1. The fraction of sp³-hybridized carbons (Fsp3) is 0.0769. The molecule has 0 spiro atoms. The fourth-order valence-corrected chi connectivity index (χ4v) is 3.96. The topological polar surface area (TPSA) is 42.0 Å². The molecule has 6 heteroatoms. The Bertz CT molecular complexity index is 749. The number of thiazole rings is 1. The van der Waals surface area contributed by atoms with Gasteiger partial charge in [0.1, 0.15) is 4.88 Å².